The minimum atomic E-state index is 0.551. The minimum Gasteiger partial charge on any atom is -0.475 e. The van der Waals surface area contributed by atoms with Gasteiger partial charge in [-0.2, -0.15) is 0 Å². The molecule has 0 saturated carbocycles. The van der Waals surface area contributed by atoms with Gasteiger partial charge in [0.15, 0.2) is 0 Å². The molecule has 1 aromatic heterocycles. The molecule has 0 unspecified atom stereocenters. The molecule has 0 spiro atoms. The largest absolute Gasteiger partial charge is 0.475 e. The number of aromatic nitrogens is 1. The summed E-state index contributed by atoms with van der Waals surface area (Å²) in [4.78, 5) is 4.33. The average molecular weight is 238 g/mol. The SMILES string of the molecule is CCCOCCOc1cc(CNC)cc(C)n1. The maximum atomic E-state index is 5.56. The molecule has 0 amide bonds. The number of nitrogens with one attached hydrogen (secondary N) is 1. The van der Waals surface area contributed by atoms with Crippen molar-refractivity contribution in [3.8, 4) is 5.88 Å². The van der Waals surface area contributed by atoms with E-state index in [0.29, 0.717) is 19.1 Å². The molecule has 17 heavy (non-hydrogen) atoms. The van der Waals surface area contributed by atoms with Crippen molar-refractivity contribution in [3.63, 3.8) is 0 Å². The fraction of sp³-hybridized carbons (Fsp3) is 0.615. The lowest BCUT2D eigenvalue weighted by Crippen LogP contribution is -2.10. The molecule has 4 heteroatoms. The van der Waals surface area contributed by atoms with Crippen LogP contribution in [-0.2, 0) is 11.3 Å². The zero-order chi connectivity index (χ0) is 12.5. The summed E-state index contributed by atoms with van der Waals surface area (Å²) in [6, 6.07) is 4.01. The van der Waals surface area contributed by atoms with E-state index in [2.05, 4.69) is 23.3 Å². The van der Waals surface area contributed by atoms with Crippen LogP contribution >= 0.6 is 0 Å². The molecule has 96 valence electrons. The molecule has 0 aliphatic rings. The number of pyridine rings is 1. The predicted octanol–water partition coefficient (Wildman–Crippen LogP) is 1.91. The molecule has 1 N–H and O–H groups in total. The van der Waals surface area contributed by atoms with Gasteiger partial charge < -0.3 is 14.8 Å². The van der Waals surface area contributed by atoms with Gasteiger partial charge in [0.1, 0.15) is 6.61 Å². The predicted molar refractivity (Wildman–Crippen MR) is 68.3 cm³/mol. The third-order valence-electron chi connectivity index (χ3n) is 2.20. The maximum absolute atomic E-state index is 5.56. The number of aryl methyl sites for hydroxylation is 1. The highest BCUT2D eigenvalue weighted by Crippen LogP contribution is 2.12. The van der Waals surface area contributed by atoms with Crippen molar-refractivity contribution in [1.82, 2.24) is 10.3 Å². The van der Waals surface area contributed by atoms with Crippen molar-refractivity contribution in [2.24, 2.45) is 0 Å². The van der Waals surface area contributed by atoms with Crippen LogP contribution in [0.1, 0.15) is 24.6 Å². The molecule has 0 radical (unpaired) electrons. The minimum absolute atomic E-state index is 0.551. The highest BCUT2D eigenvalue weighted by atomic mass is 16.5. The molecule has 0 bridgehead atoms. The van der Waals surface area contributed by atoms with Gasteiger partial charge in [-0.25, -0.2) is 4.98 Å². The Bertz CT molecular complexity index is 329. The summed E-state index contributed by atoms with van der Waals surface area (Å²) in [5, 5.41) is 3.11. The number of rotatable bonds is 8. The van der Waals surface area contributed by atoms with E-state index >= 15 is 0 Å². The first-order valence-electron chi connectivity index (χ1n) is 6.09. The Morgan fingerprint density at radius 2 is 2.06 bits per heavy atom. The smallest absolute Gasteiger partial charge is 0.213 e. The summed E-state index contributed by atoms with van der Waals surface area (Å²) in [6.45, 7) is 6.84. The normalized spacial score (nSPS) is 10.5. The van der Waals surface area contributed by atoms with Crippen LogP contribution in [0.4, 0.5) is 0 Å². The highest BCUT2D eigenvalue weighted by Gasteiger charge is 2.00. The molecule has 0 aliphatic carbocycles. The third kappa shape index (κ3) is 5.65. The standard InChI is InChI=1S/C13H22N2O2/c1-4-5-16-6-7-17-13-9-12(10-14-3)8-11(2)15-13/h8-9,14H,4-7,10H2,1-3H3. The molecule has 0 fully saturated rings. The second-order valence-electron chi connectivity index (χ2n) is 3.95. The number of hydrogen-bond acceptors (Lipinski definition) is 4. The van der Waals surface area contributed by atoms with Gasteiger partial charge in [-0.15, -0.1) is 0 Å². The summed E-state index contributed by atoms with van der Waals surface area (Å²) in [5.41, 5.74) is 2.16. The molecule has 1 aromatic rings. The van der Waals surface area contributed by atoms with Crippen molar-refractivity contribution < 1.29 is 9.47 Å². The van der Waals surface area contributed by atoms with E-state index in [1.807, 2.05) is 20.0 Å². The maximum Gasteiger partial charge on any atom is 0.213 e. The van der Waals surface area contributed by atoms with Crippen LogP contribution in [0, 0.1) is 6.92 Å². The number of nitrogens with zero attached hydrogens (tertiary/aromatic N) is 1. The molecular formula is C13H22N2O2. The van der Waals surface area contributed by atoms with Crippen LogP contribution in [0.25, 0.3) is 0 Å². The zero-order valence-electron chi connectivity index (χ0n) is 11.0. The van der Waals surface area contributed by atoms with Gasteiger partial charge in [0.25, 0.3) is 0 Å². The zero-order valence-corrected chi connectivity index (χ0v) is 11.0. The summed E-state index contributed by atoms with van der Waals surface area (Å²) >= 11 is 0. The molecule has 0 aliphatic heterocycles. The van der Waals surface area contributed by atoms with Gasteiger partial charge in [0.05, 0.1) is 6.61 Å². The van der Waals surface area contributed by atoms with Gasteiger partial charge in [-0.1, -0.05) is 6.92 Å². The fourth-order valence-electron chi connectivity index (χ4n) is 1.54. The van der Waals surface area contributed by atoms with Gasteiger partial charge >= 0.3 is 0 Å². The average Bonchev–Trinajstić information content (AvgIpc) is 2.28. The number of ether oxygens (including phenoxy) is 2. The Morgan fingerprint density at radius 3 is 2.76 bits per heavy atom. The van der Waals surface area contributed by atoms with Gasteiger partial charge in [0.2, 0.25) is 5.88 Å². The molecule has 0 saturated heterocycles. The van der Waals surface area contributed by atoms with Crippen molar-refractivity contribution in [3.05, 3.63) is 23.4 Å². The van der Waals surface area contributed by atoms with E-state index in [0.717, 1.165) is 25.3 Å². The van der Waals surface area contributed by atoms with Crippen LogP contribution in [0.3, 0.4) is 0 Å². The van der Waals surface area contributed by atoms with Crippen molar-refractivity contribution in [2.75, 3.05) is 26.9 Å². The number of hydrogen-bond donors (Lipinski definition) is 1. The van der Waals surface area contributed by atoms with Crippen LogP contribution < -0.4 is 10.1 Å². The summed E-state index contributed by atoms with van der Waals surface area (Å²) in [6.07, 6.45) is 1.04. The third-order valence-corrected chi connectivity index (χ3v) is 2.20. The van der Waals surface area contributed by atoms with E-state index in [9.17, 15) is 0 Å². The lowest BCUT2D eigenvalue weighted by Gasteiger charge is -2.08. The summed E-state index contributed by atoms with van der Waals surface area (Å²) in [5.74, 6) is 0.676. The second-order valence-corrected chi connectivity index (χ2v) is 3.95. The van der Waals surface area contributed by atoms with Crippen molar-refractivity contribution >= 4 is 0 Å². The van der Waals surface area contributed by atoms with Crippen LogP contribution in [0.15, 0.2) is 12.1 Å². The summed E-state index contributed by atoms with van der Waals surface area (Å²) < 4.78 is 10.9. The van der Waals surface area contributed by atoms with E-state index in [1.54, 1.807) is 0 Å². The lowest BCUT2D eigenvalue weighted by molar-refractivity contribution is 0.0989. The fourth-order valence-corrected chi connectivity index (χ4v) is 1.54. The van der Waals surface area contributed by atoms with Gasteiger partial charge in [0, 0.05) is 24.9 Å². The molecule has 0 aromatic carbocycles. The van der Waals surface area contributed by atoms with E-state index in [4.69, 9.17) is 9.47 Å². The first-order valence-corrected chi connectivity index (χ1v) is 6.09. The second kappa shape index (κ2) is 8.03. The first kappa shape index (κ1) is 13.9. The van der Waals surface area contributed by atoms with E-state index < -0.39 is 0 Å². The molecule has 1 heterocycles. The Hall–Kier alpha value is -1.13. The van der Waals surface area contributed by atoms with Crippen molar-refractivity contribution in [2.45, 2.75) is 26.8 Å². The van der Waals surface area contributed by atoms with Crippen molar-refractivity contribution in [1.29, 1.82) is 0 Å². The quantitative estimate of drug-likeness (QED) is 0.703. The molecular weight excluding hydrogens is 216 g/mol. The molecule has 0 atom stereocenters. The van der Waals surface area contributed by atoms with Crippen LogP contribution in [0.2, 0.25) is 0 Å². The van der Waals surface area contributed by atoms with E-state index in [-0.39, 0.29) is 0 Å². The van der Waals surface area contributed by atoms with Gasteiger partial charge in [-0.3, -0.25) is 0 Å². The molecule has 4 nitrogen and oxygen atoms in total. The topological polar surface area (TPSA) is 43.4 Å². The van der Waals surface area contributed by atoms with Crippen LogP contribution in [-0.4, -0.2) is 31.9 Å². The van der Waals surface area contributed by atoms with E-state index in [1.165, 1.54) is 5.56 Å². The van der Waals surface area contributed by atoms with Gasteiger partial charge in [-0.05, 0) is 32.0 Å². The van der Waals surface area contributed by atoms with Crippen LogP contribution in [0.5, 0.6) is 5.88 Å². The molecule has 1 rings (SSSR count). The monoisotopic (exact) mass is 238 g/mol. The highest BCUT2D eigenvalue weighted by molar-refractivity contribution is 5.24. The Morgan fingerprint density at radius 1 is 1.24 bits per heavy atom. The summed E-state index contributed by atoms with van der Waals surface area (Å²) in [7, 11) is 1.93. The Balaban J connectivity index is 2.41. The Labute approximate surface area is 103 Å². The first-order chi connectivity index (χ1) is 8.26. The lowest BCUT2D eigenvalue weighted by atomic mass is 10.2. The Kier molecular flexibility index (Phi) is 6.58.